The van der Waals surface area contributed by atoms with Crippen LogP contribution in [0.1, 0.15) is 40.0 Å². The molecule has 14 heteroatoms. The summed E-state index contributed by atoms with van der Waals surface area (Å²) in [5.41, 5.74) is 0. The van der Waals surface area contributed by atoms with E-state index < -0.39 is 29.8 Å². The van der Waals surface area contributed by atoms with Gasteiger partial charge in [-0.3, -0.25) is 33.7 Å². The molecular formula is C26H42N4O10. The Labute approximate surface area is 234 Å². The van der Waals surface area contributed by atoms with Crippen LogP contribution in [0.25, 0.3) is 0 Å². The number of ketones is 1. The van der Waals surface area contributed by atoms with E-state index in [1.165, 1.54) is 12.2 Å². The molecule has 0 aromatic carbocycles. The molecule has 14 nitrogen and oxygen atoms in total. The molecule has 0 aromatic heterocycles. The smallest absolute Gasteiger partial charge is 0.253 e. The van der Waals surface area contributed by atoms with Gasteiger partial charge >= 0.3 is 0 Å². The molecule has 0 fully saturated rings. The van der Waals surface area contributed by atoms with Crippen LogP contribution in [0.2, 0.25) is 0 Å². The molecule has 40 heavy (non-hydrogen) atoms. The first-order valence-corrected chi connectivity index (χ1v) is 13.4. The molecule has 5 amide bonds. The third-order valence-electron chi connectivity index (χ3n) is 5.58. The number of Topliss-reactive ketones (excluding diaryl/α,β-unsaturated/α-hetero) is 1. The molecule has 0 bridgehead atoms. The van der Waals surface area contributed by atoms with Crippen molar-refractivity contribution in [3.63, 3.8) is 0 Å². The van der Waals surface area contributed by atoms with Crippen molar-refractivity contribution in [2.75, 3.05) is 65.9 Å². The van der Waals surface area contributed by atoms with E-state index in [4.69, 9.17) is 18.9 Å². The standard InChI is InChI=1S/C26H42N4O10/c1-4-21(31)19(2)29-26(36)20(3)28-23(33)8-11-37-13-15-39-17-18-40-16-14-38-12-9-27-22(32)7-10-30-24(34)5-6-25(30)35/h5-6,19-20H,4,7-18H2,1-3H3,(H,27,32)(H,28,33)(H,29,36)/t19-,20-/m0/s1. The molecule has 1 rings (SSSR count). The average molecular weight is 571 g/mol. The van der Waals surface area contributed by atoms with Crippen LogP contribution in [0.3, 0.4) is 0 Å². The summed E-state index contributed by atoms with van der Waals surface area (Å²) >= 11 is 0. The van der Waals surface area contributed by atoms with Crippen molar-refractivity contribution in [1.29, 1.82) is 0 Å². The average Bonchev–Trinajstić information content (AvgIpc) is 3.25. The van der Waals surface area contributed by atoms with Crippen LogP contribution < -0.4 is 16.0 Å². The molecule has 3 N–H and O–H groups in total. The van der Waals surface area contributed by atoms with Crippen molar-refractivity contribution in [2.24, 2.45) is 0 Å². The normalized spacial score (nSPS) is 14.2. The Balaban J connectivity index is 1.87. The highest BCUT2D eigenvalue weighted by Gasteiger charge is 2.23. The molecule has 0 radical (unpaired) electrons. The second kappa shape index (κ2) is 20.7. The fourth-order valence-corrected chi connectivity index (χ4v) is 3.25. The quantitative estimate of drug-likeness (QED) is 0.100. The van der Waals surface area contributed by atoms with Gasteiger partial charge in [-0.25, -0.2) is 0 Å². The van der Waals surface area contributed by atoms with Gasteiger partial charge in [-0.15, -0.1) is 0 Å². The third kappa shape index (κ3) is 15.4. The predicted molar refractivity (Wildman–Crippen MR) is 142 cm³/mol. The van der Waals surface area contributed by atoms with Gasteiger partial charge in [-0.05, 0) is 13.8 Å². The summed E-state index contributed by atoms with van der Waals surface area (Å²) in [7, 11) is 0. The highest BCUT2D eigenvalue weighted by molar-refractivity contribution is 6.13. The summed E-state index contributed by atoms with van der Waals surface area (Å²) in [5.74, 6) is -1.93. The maximum Gasteiger partial charge on any atom is 0.253 e. The van der Waals surface area contributed by atoms with Crippen LogP contribution in [0.4, 0.5) is 0 Å². The summed E-state index contributed by atoms with van der Waals surface area (Å²) in [5, 5.41) is 7.79. The van der Waals surface area contributed by atoms with E-state index in [1.54, 1.807) is 20.8 Å². The minimum atomic E-state index is -0.759. The van der Waals surface area contributed by atoms with Gasteiger partial charge in [0.25, 0.3) is 11.8 Å². The lowest BCUT2D eigenvalue weighted by molar-refractivity contribution is -0.137. The first-order chi connectivity index (χ1) is 19.1. The monoisotopic (exact) mass is 570 g/mol. The largest absolute Gasteiger partial charge is 0.379 e. The zero-order valence-corrected chi connectivity index (χ0v) is 23.5. The van der Waals surface area contributed by atoms with Crippen LogP contribution in [-0.4, -0.2) is 118 Å². The number of imide groups is 1. The molecule has 0 aliphatic carbocycles. The maximum atomic E-state index is 12.0. The minimum absolute atomic E-state index is 0.0333. The zero-order valence-electron chi connectivity index (χ0n) is 23.5. The molecular weight excluding hydrogens is 528 g/mol. The Morgan fingerprint density at radius 3 is 1.80 bits per heavy atom. The third-order valence-corrected chi connectivity index (χ3v) is 5.58. The Bertz CT molecular complexity index is 862. The lowest BCUT2D eigenvalue weighted by Gasteiger charge is -2.17. The first kappa shape index (κ1) is 34.8. The number of amides is 5. The number of hydrogen-bond donors (Lipinski definition) is 3. The number of carbonyl (C=O) groups excluding carboxylic acids is 6. The molecule has 0 unspecified atom stereocenters. The van der Waals surface area contributed by atoms with Crippen molar-refractivity contribution >= 4 is 35.3 Å². The van der Waals surface area contributed by atoms with Crippen LogP contribution >= 0.6 is 0 Å². The van der Waals surface area contributed by atoms with Gasteiger partial charge in [0.2, 0.25) is 17.7 Å². The summed E-state index contributed by atoms with van der Waals surface area (Å²) in [6, 6.07) is -1.35. The fourth-order valence-electron chi connectivity index (χ4n) is 3.25. The van der Waals surface area contributed by atoms with Gasteiger partial charge < -0.3 is 34.9 Å². The molecule has 0 aromatic rings. The summed E-state index contributed by atoms with van der Waals surface area (Å²) in [6.07, 6.45) is 2.81. The number of rotatable bonds is 23. The highest BCUT2D eigenvalue weighted by Crippen LogP contribution is 2.03. The minimum Gasteiger partial charge on any atom is -0.379 e. The molecule has 1 heterocycles. The fraction of sp³-hybridized carbons (Fsp3) is 0.692. The van der Waals surface area contributed by atoms with Crippen molar-refractivity contribution in [3.8, 4) is 0 Å². The number of hydrogen-bond acceptors (Lipinski definition) is 10. The lowest BCUT2D eigenvalue weighted by atomic mass is 10.1. The molecule has 2 atom stereocenters. The van der Waals surface area contributed by atoms with E-state index in [2.05, 4.69) is 16.0 Å². The number of nitrogens with one attached hydrogen (secondary N) is 3. The van der Waals surface area contributed by atoms with E-state index in [0.717, 1.165) is 4.90 Å². The lowest BCUT2D eigenvalue weighted by Crippen LogP contribution is -2.49. The Morgan fingerprint density at radius 1 is 0.725 bits per heavy atom. The van der Waals surface area contributed by atoms with E-state index in [9.17, 15) is 28.8 Å². The highest BCUT2D eigenvalue weighted by atomic mass is 16.6. The van der Waals surface area contributed by atoms with E-state index >= 15 is 0 Å². The van der Waals surface area contributed by atoms with Crippen molar-refractivity contribution < 1.29 is 47.7 Å². The van der Waals surface area contributed by atoms with Gasteiger partial charge in [0.05, 0.1) is 58.9 Å². The second-order valence-corrected chi connectivity index (χ2v) is 8.80. The number of nitrogens with zero attached hydrogens (tertiary/aromatic N) is 1. The van der Waals surface area contributed by atoms with Gasteiger partial charge in [0.1, 0.15) is 6.04 Å². The Hall–Kier alpha value is -3.20. The van der Waals surface area contributed by atoms with Crippen LogP contribution in [0.5, 0.6) is 0 Å². The molecule has 226 valence electrons. The van der Waals surface area contributed by atoms with Crippen molar-refractivity contribution in [2.45, 2.75) is 52.1 Å². The topological polar surface area (TPSA) is 179 Å². The Morgan fingerprint density at radius 2 is 1.25 bits per heavy atom. The van der Waals surface area contributed by atoms with E-state index in [0.29, 0.717) is 59.2 Å². The number of carbonyl (C=O) groups is 6. The van der Waals surface area contributed by atoms with Crippen molar-refractivity contribution in [1.82, 2.24) is 20.9 Å². The first-order valence-electron chi connectivity index (χ1n) is 13.4. The van der Waals surface area contributed by atoms with Gasteiger partial charge in [0.15, 0.2) is 5.78 Å². The predicted octanol–water partition coefficient (Wildman–Crippen LogP) is -1.14. The SMILES string of the molecule is CCC(=O)[C@H](C)NC(=O)[C@H](C)NC(=O)CCOCCOCCOCCOCCNC(=O)CCN1C(=O)C=CC1=O. The Kier molecular flexibility index (Phi) is 18.0. The van der Waals surface area contributed by atoms with Crippen LogP contribution in [0, 0.1) is 0 Å². The molecule has 1 aliphatic rings. The van der Waals surface area contributed by atoms with Crippen LogP contribution in [-0.2, 0) is 47.7 Å². The molecule has 0 saturated carbocycles. The van der Waals surface area contributed by atoms with E-state index in [1.807, 2.05) is 0 Å². The summed E-state index contributed by atoms with van der Waals surface area (Å²) < 4.78 is 21.5. The second-order valence-electron chi connectivity index (χ2n) is 8.80. The van der Waals surface area contributed by atoms with Crippen molar-refractivity contribution in [3.05, 3.63) is 12.2 Å². The zero-order chi connectivity index (χ0) is 29.8. The van der Waals surface area contributed by atoms with Gasteiger partial charge in [-0.1, -0.05) is 6.92 Å². The molecule has 1 aliphatic heterocycles. The maximum absolute atomic E-state index is 12.0. The molecule has 0 saturated heterocycles. The summed E-state index contributed by atoms with van der Waals surface area (Å²) in [4.78, 5) is 71.1. The van der Waals surface area contributed by atoms with E-state index in [-0.39, 0.29) is 43.6 Å². The summed E-state index contributed by atoms with van der Waals surface area (Å²) in [6.45, 7) is 7.78. The van der Waals surface area contributed by atoms with Crippen LogP contribution in [0.15, 0.2) is 12.2 Å². The molecule has 0 spiro atoms. The number of ether oxygens (including phenoxy) is 4. The van der Waals surface area contributed by atoms with Gasteiger partial charge in [-0.2, -0.15) is 0 Å². The van der Waals surface area contributed by atoms with Gasteiger partial charge in [0, 0.05) is 44.5 Å².